The van der Waals surface area contributed by atoms with E-state index in [2.05, 4.69) is 5.32 Å². The van der Waals surface area contributed by atoms with Gasteiger partial charge in [-0.2, -0.15) is 0 Å². The Morgan fingerprint density at radius 1 is 0.844 bits per heavy atom. The topological polar surface area (TPSA) is 58.6 Å². The molecule has 4 rings (SSSR count). The van der Waals surface area contributed by atoms with Crippen molar-refractivity contribution in [1.29, 1.82) is 0 Å². The van der Waals surface area contributed by atoms with E-state index in [1.807, 2.05) is 87.5 Å². The maximum atomic E-state index is 13.5. The van der Waals surface area contributed by atoms with Crippen molar-refractivity contribution in [2.45, 2.75) is 27.3 Å². The first-order chi connectivity index (χ1) is 15.4. The van der Waals surface area contributed by atoms with Gasteiger partial charge in [-0.25, -0.2) is 0 Å². The molecule has 0 aliphatic carbocycles. The van der Waals surface area contributed by atoms with Gasteiger partial charge in [0.1, 0.15) is 11.4 Å². The van der Waals surface area contributed by atoms with E-state index in [4.69, 9.17) is 4.74 Å². The number of rotatable bonds is 6. The first-order valence-corrected chi connectivity index (χ1v) is 10.5. The third-order valence-electron chi connectivity index (χ3n) is 5.79. The second kappa shape index (κ2) is 8.71. The Morgan fingerprint density at radius 2 is 1.56 bits per heavy atom. The summed E-state index contributed by atoms with van der Waals surface area (Å²) in [6, 6.07) is 21.0. The van der Waals surface area contributed by atoms with E-state index in [1.54, 1.807) is 7.11 Å². The van der Waals surface area contributed by atoms with E-state index in [-0.39, 0.29) is 24.1 Å². The third-order valence-corrected chi connectivity index (χ3v) is 5.79. The van der Waals surface area contributed by atoms with Crippen molar-refractivity contribution in [3.05, 3.63) is 100 Å². The molecular weight excluding hydrogens is 400 g/mol. The van der Waals surface area contributed by atoms with Crippen molar-refractivity contribution < 1.29 is 14.3 Å². The molecule has 1 heterocycles. The van der Waals surface area contributed by atoms with E-state index < -0.39 is 0 Å². The number of hydrogen-bond donors (Lipinski definition) is 1. The van der Waals surface area contributed by atoms with Crippen molar-refractivity contribution in [1.82, 2.24) is 4.90 Å². The number of amides is 2. The zero-order valence-electron chi connectivity index (χ0n) is 18.7. The number of hydrogen-bond acceptors (Lipinski definition) is 4. The van der Waals surface area contributed by atoms with Crippen molar-refractivity contribution >= 4 is 23.1 Å². The van der Waals surface area contributed by atoms with E-state index in [0.717, 1.165) is 27.8 Å². The number of carbonyl (C=O) groups is 2. The Bertz CT molecular complexity index is 1230. The molecule has 5 heteroatoms. The summed E-state index contributed by atoms with van der Waals surface area (Å²) in [6.07, 6.45) is 0. The largest absolute Gasteiger partial charge is 0.495 e. The molecule has 0 fully saturated rings. The van der Waals surface area contributed by atoms with E-state index in [9.17, 15) is 9.59 Å². The number of anilines is 1. The van der Waals surface area contributed by atoms with Gasteiger partial charge in [-0.05, 0) is 55.2 Å². The van der Waals surface area contributed by atoms with E-state index in [0.29, 0.717) is 17.0 Å². The van der Waals surface area contributed by atoms with Gasteiger partial charge in [0.25, 0.3) is 11.8 Å². The number of nitrogens with one attached hydrogen (secondary N) is 1. The molecule has 3 aromatic rings. The van der Waals surface area contributed by atoms with Crippen LogP contribution in [-0.2, 0) is 16.1 Å². The average molecular weight is 427 g/mol. The molecule has 1 aliphatic heterocycles. The minimum Gasteiger partial charge on any atom is -0.495 e. The first-order valence-electron chi connectivity index (χ1n) is 10.5. The van der Waals surface area contributed by atoms with Crippen molar-refractivity contribution in [2.24, 2.45) is 0 Å². The smallest absolute Gasteiger partial charge is 0.278 e. The Hall–Kier alpha value is -3.86. The summed E-state index contributed by atoms with van der Waals surface area (Å²) in [7, 11) is 1.57. The molecule has 0 saturated carbocycles. The number of para-hydroxylation sites is 2. The van der Waals surface area contributed by atoms with Crippen LogP contribution in [0.25, 0.3) is 5.57 Å². The van der Waals surface area contributed by atoms with Crippen LogP contribution in [0.3, 0.4) is 0 Å². The molecule has 1 N–H and O–H groups in total. The summed E-state index contributed by atoms with van der Waals surface area (Å²) in [6.45, 7) is 6.23. The Morgan fingerprint density at radius 3 is 2.25 bits per heavy atom. The highest BCUT2D eigenvalue weighted by Gasteiger charge is 2.39. The second-order valence-corrected chi connectivity index (χ2v) is 8.06. The minimum absolute atomic E-state index is 0.212. The standard InChI is InChI=1S/C27H26N2O3/c1-17-9-12-20(13-10-17)16-29-26(30)24(21-14-11-18(2)19(3)15-21)25(27(29)31)28-22-7-5-6-8-23(22)32-4/h5-15,28H,16H2,1-4H3. The summed E-state index contributed by atoms with van der Waals surface area (Å²) in [4.78, 5) is 28.3. The molecule has 32 heavy (non-hydrogen) atoms. The SMILES string of the molecule is COc1ccccc1NC1=C(c2ccc(C)c(C)c2)C(=O)N(Cc2ccc(C)cc2)C1=O. The molecule has 5 nitrogen and oxygen atoms in total. The molecule has 2 amide bonds. The highest BCUT2D eigenvalue weighted by molar-refractivity contribution is 6.36. The lowest BCUT2D eigenvalue weighted by Gasteiger charge is -2.16. The van der Waals surface area contributed by atoms with Gasteiger partial charge >= 0.3 is 0 Å². The second-order valence-electron chi connectivity index (χ2n) is 8.06. The Kier molecular flexibility index (Phi) is 5.82. The molecule has 0 spiro atoms. The van der Waals surface area contributed by atoms with Gasteiger partial charge in [-0.15, -0.1) is 0 Å². The predicted octanol–water partition coefficient (Wildman–Crippen LogP) is 5.01. The summed E-state index contributed by atoms with van der Waals surface area (Å²) in [5.41, 5.74) is 6.19. The van der Waals surface area contributed by atoms with Gasteiger partial charge in [-0.1, -0.05) is 60.2 Å². The molecule has 162 valence electrons. The molecule has 0 aromatic heterocycles. The fraction of sp³-hybridized carbons (Fsp3) is 0.185. The van der Waals surface area contributed by atoms with Crippen molar-refractivity contribution in [3.8, 4) is 5.75 Å². The van der Waals surface area contributed by atoms with Crippen LogP contribution in [0.4, 0.5) is 5.69 Å². The molecule has 0 saturated heterocycles. The van der Waals surface area contributed by atoms with Crippen LogP contribution in [0.2, 0.25) is 0 Å². The Labute approximate surface area is 188 Å². The van der Waals surface area contributed by atoms with Gasteiger partial charge < -0.3 is 10.1 Å². The lowest BCUT2D eigenvalue weighted by molar-refractivity contribution is -0.137. The molecule has 3 aromatic carbocycles. The number of methoxy groups -OCH3 is 1. The van der Waals surface area contributed by atoms with Crippen molar-refractivity contribution in [2.75, 3.05) is 12.4 Å². The molecule has 0 radical (unpaired) electrons. The van der Waals surface area contributed by atoms with Gasteiger partial charge in [0.05, 0.1) is 24.9 Å². The molecule has 1 aliphatic rings. The van der Waals surface area contributed by atoms with Crippen molar-refractivity contribution in [3.63, 3.8) is 0 Å². The minimum atomic E-state index is -0.352. The molecule has 0 bridgehead atoms. The summed E-state index contributed by atoms with van der Waals surface area (Å²) < 4.78 is 5.43. The zero-order valence-corrected chi connectivity index (χ0v) is 18.7. The number of ether oxygens (including phenoxy) is 1. The van der Waals surface area contributed by atoms with Crippen LogP contribution in [0.1, 0.15) is 27.8 Å². The number of nitrogens with zero attached hydrogens (tertiary/aromatic N) is 1. The van der Waals surface area contributed by atoms with Crippen LogP contribution < -0.4 is 10.1 Å². The number of carbonyl (C=O) groups excluding carboxylic acids is 2. The lowest BCUT2D eigenvalue weighted by atomic mass is 9.99. The fourth-order valence-corrected chi connectivity index (χ4v) is 3.76. The summed E-state index contributed by atoms with van der Waals surface area (Å²) >= 11 is 0. The average Bonchev–Trinajstić information content (AvgIpc) is 3.02. The zero-order chi connectivity index (χ0) is 22.8. The molecular formula is C27H26N2O3. The van der Waals surface area contributed by atoms with E-state index in [1.165, 1.54) is 4.90 Å². The summed E-state index contributed by atoms with van der Waals surface area (Å²) in [5, 5.41) is 3.19. The van der Waals surface area contributed by atoms with Crippen LogP contribution >= 0.6 is 0 Å². The maximum absolute atomic E-state index is 13.5. The normalized spacial score (nSPS) is 13.7. The Balaban J connectivity index is 1.78. The first kappa shape index (κ1) is 21.4. The predicted molar refractivity (Wildman–Crippen MR) is 126 cm³/mol. The summed E-state index contributed by atoms with van der Waals surface area (Å²) in [5.74, 6) is -0.0670. The van der Waals surface area contributed by atoms with Gasteiger partial charge in [0.2, 0.25) is 0 Å². The lowest BCUT2D eigenvalue weighted by Crippen LogP contribution is -2.32. The maximum Gasteiger partial charge on any atom is 0.278 e. The molecule has 0 atom stereocenters. The van der Waals surface area contributed by atoms with Crippen LogP contribution in [0, 0.1) is 20.8 Å². The van der Waals surface area contributed by atoms with Gasteiger partial charge in [0.15, 0.2) is 0 Å². The monoisotopic (exact) mass is 426 g/mol. The molecule has 0 unspecified atom stereocenters. The quantitative estimate of drug-likeness (QED) is 0.563. The van der Waals surface area contributed by atoms with Gasteiger partial charge in [-0.3, -0.25) is 14.5 Å². The highest BCUT2D eigenvalue weighted by atomic mass is 16.5. The number of imide groups is 1. The fourth-order valence-electron chi connectivity index (χ4n) is 3.76. The highest BCUT2D eigenvalue weighted by Crippen LogP contribution is 2.34. The van der Waals surface area contributed by atoms with Crippen LogP contribution in [0.15, 0.2) is 72.4 Å². The number of aryl methyl sites for hydroxylation is 3. The van der Waals surface area contributed by atoms with Crippen LogP contribution in [-0.4, -0.2) is 23.8 Å². The van der Waals surface area contributed by atoms with E-state index >= 15 is 0 Å². The number of benzene rings is 3. The third kappa shape index (κ3) is 4.02. The van der Waals surface area contributed by atoms with Crippen LogP contribution in [0.5, 0.6) is 5.75 Å². The van der Waals surface area contributed by atoms with Gasteiger partial charge in [0, 0.05) is 0 Å².